The Hall–Kier alpha value is -0.920. The largest absolute Gasteiger partial charge is 0.388 e. The molecule has 1 aliphatic rings. The first-order valence-electron chi connectivity index (χ1n) is 5.87. The molecule has 1 aliphatic heterocycles. The number of nitrogens with zero attached hydrogens (tertiary/aromatic N) is 2. The van der Waals surface area contributed by atoms with Gasteiger partial charge in [-0.2, -0.15) is 0 Å². The molecule has 0 aliphatic carbocycles. The second kappa shape index (κ2) is 5.81. The van der Waals surface area contributed by atoms with E-state index < -0.39 is 5.60 Å². The molecular weight excluding hydrogens is 300 g/mol. The van der Waals surface area contributed by atoms with Crippen molar-refractivity contribution in [3.8, 4) is 0 Å². The summed E-state index contributed by atoms with van der Waals surface area (Å²) in [4.78, 5) is 8.23. The summed E-state index contributed by atoms with van der Waals surface area (Å²) in [6.07, 6.45) is 2.76. The number of ether oxygens (including phenoxy) is 1. The van der Waals surface area contributed by atoms with Crippen molar-refractivity contribution in [1.29, 1.82) is 0 Å². The molecule has 3 N–H and O–H groups in total. The van der Waals surface area contributed by atoms with Crippen LogP contribution in [0.5, 0.6) is 0 Å². The number of hydrogen-bond acceptors (Lipinski definition) is 6. The van der Waals surface area contributed by atoms with Gasteiger partial charge in [-0.1, -0.05) is 0 Å². The highest BCUT2D eigenvalue weighted by molar-refractivity contribution is 9.10. The fourth-order valence-corrected chi connectivity index (χ4v) is 2.39. The van der Waals surface area contributed by atoms with Gasteiger partial charge >= 0.3 is 0 Å². The minimum atomic E-state index is -0.720. The summed E-state index contributed by atoms with van der Waals surface area (Å²) in [5, 5.41) is 16.5. The zero-order chi connectivity index (χ0) is 13.0. The van der Waals surface area contributed by atoms with Gasteiger partial charge in [-0.25, -0.2) is 9.97 Å². The van der Waals surface area contributed by atoms with Crippen LogP contribution in [0.4, 0.5) is 11.6 Å². The van der Waals surface area contributed by atoms with Crippen molar-refractivity contribution >= 4 is 27.6 Å². The van der Waals surface area contributed by atoms with Crippen molar-refractivity contribution < 1.29 is 9.84 Å². The summed E-state index contributed by atoms with van der Waals surface area (Å²) in [6.45, 7) is 1.66. The number of rotatable bonds is 4. The van der Waals surface area contributed by atoms with E-state index in [-0.39, 0.29) is 0 Å². The number of aromatic nitrogens is 2. The van der Waals surface area contributed by atoms with Gasteiger partial charge in [-0.3, -0.25) is 0 Å². The molecule has 1 aromatic heterocycles. The van der Waals surface area contributed by atoms with Crippen molar-refractivity contribution in [2.24, 2.45) is 0 Å². The SMILES string of the molecule is CNc1ncnc(NCC2(O)CCOCC2)c1Br. The maximum Gasteiger partial charge on any atom is 0.146 e. The molecular formula is C11H17BrN4O2. The molecule has 0 unspecified atom stereocenters. The molecule has 0 saturated carbocycles. The molecule has 0 radical (unpaired) electrons. The van der Waals surface area contributed by atoms with Crippen LogP contribution in [0.3, 0.4) is 0 Å². The first-order valence-corrected chi connectivity index (χ1v) is 6.66. The molecule has 0 spiro atoms. The van der Waals surface area contributed by atoms with Crippen LogP contribution in [0.1, 0.15) is 12.8 Å². The summed E-state index contributed by atoms with van der Waals surface area (Å²) < 4.78 is 6.01. The van der Waals surface area contributed by atoms with Gasteiger partial charge < -0.3 is 20.5 Å². The highest BCUT2D eigenvalue weighted by Gasteiger charge is 2.29. The quantitative estimate of drug-likeness (QED) is 0.775. The minimum absolute atomic E-state index is 0.453. The predicted octanol–water partition coefficient (Wildman–Crippen LogP) is 1.23. The summed E-state index contributed by atoms with van der Waals surface area (Å²) >= 11 is 3.43. The van der Waals surface area contributed by atoms with Gasteiger partial charge in [0, 0.05) is 39.6 Å². The number of aliphatic hydroxyl groups is 1. The third-order valence-corrected chi connectivity index (χ3v) is 3.79. The second-order valence-corrected chi connectivity index (χ2v) is 5.12. The van der Waals surface area contributed by atoms with E-state index in [2.05, 4.69) is 36.5 Å². The predicted molar refractivity (Wildman–Crippen MR) is 72.8 cm³/mol. The van der Waals surface area contributed by atoms with Gasteiger partial charge in [0.15, 0.2) is 0 Å². The maximum absolute atomic E-state index is 10.3. The van der Waals surface area contributed by atoms with Crippen LogP contribution in [0.2, 0.25) is 0 Å². The van der Waals surface area contributed by atoms with Crippen molar-refractivity contribution in [1.82, 2.24) is 9.97 Å². The van der Waals surface area contributed by atoms with Gasteiger partial charge in [0.2, 0.25) is 0 Å². The van der Waals surface area contributed by atoms with Gasteiger partial charge in [0.05, 0.1) is 5.60 Å². The fourth-order valence-electron chi connectivity index (χ4n) is 1.84. The van der Waals surface area contributed by atoms with Crippen LogP contribution in [0, 0.1) is 0 Å². The molecule has 0 aromatic carbocycles. The Morgan fingerprint density at radius 2 is 2.06 bits per heavy atom. The molecule has 0 atom stereocenters. The van der Waals surface area contributed by atoms with Gasteiger partial charge in [0.25, 0.3) is 0 Å². The maximum atomic E-state index is 10.3. The zero-order valence-electron chi connectivity index (χ0n) is 10.2. The Bertz CT molecular complexity index is 410. The van der Waals surface area contributed by atoms with E-state index in [9.17, 15) is 5.11 Å². The lowest BCUT2D eigenvalue weighted by atomic mass is 9.94. The lowest BCUT2D eigenvalue weighted by molar-refractivity contribution is -0.0543. The van der Waals surface area contributed by atoms with E-state index >= 15 is 0 Å². The number of nitrogens with one attached hydrogen (secondary N) is 2. The van der Waals surface area contributed by atoms with E-state index in [1.165, 1.54) is 6.33 Å². The average molecular weight is 317 g/mol. The van der Waals surface area contributed by atoms with Crippen molar-refractivity contribution in [2.75, 3.05) is 37.4 Å². The standard InChI is InChI=1S/C11H17BrN4O2/c1-13-9-8(12)10(16-7-15-9)14-6-11(17)2-4-18-5-3-11/h7,17H,2-6H2,1H3,(H2,13,14,15,16). The molecule has 0 bridgehead atoms. The fraction of sp³-hybridized carbons (Fsp3) is 0.636. The first kappa shape index (κ1) is 13.5. The van der Waals surface area contributed by atoms with Crippen molar-refractivity contribution in [2.45, 2.75) is 18.4 Å². The number of hydrogen-bond donors (Lipinski definition) is 3. The summed E-state index contributed by atoms with van der Waals surface area (Å²) in [5.74, 6) is 1.39. The van der Waals surface area contributed by atoms with Gasteiger partial charge in [-0.15, -0.1) is 0 Å². The van der Waals surface area contributed by atoms with Crippen LogP contribution in [0.25, 0.3) is 0 Å². The Balaban J connectivity index is 2.01. The third kappa shape index (κ3) is 3.09. The molecule has 2 heterocycles. The van der Waals surface area contributed by atoms with Gasteiger partial charge in [0.1, 0.15) is 22.4 Å². The molecule has 6 nitrogen and oxygen atoms in total. The molecule has 1 aromatic rings. The first-order chi connectivity index (χ1) is 8.64. The molecule has 0 amide bonds. The second-order valence-electron chi connectivity index (χ2n) is 4.33. The Morgan fingerprint density at radius 3 is 2.72 bits per heavy atom. The molecule has 2 rings (SSSR count). The monoisotopic (exact) mass is 316 g/mol. The van der Waals surface area contributed by atoms with Crippen LogP contribution in [0.15, 0.2) is 10.8 Å². The third-order valence-electron chi connectivity index (χ3n) is 3.03. The van der Waals surface area contributed by atoms with E-state index in [0.29, 0.717) is 44.2 Å². The van der Waals surface area contributed by atoms with Crippen LogP contribution in [-0.4, -0.2) is 47.5 Å². The Labute approximate surface area is 114 Å². The van der Waals surface area contributed by atoms with E-state index in [1.807, 2.05) is 0 Å². The summed E-state index contributed by atoms with van der Waals surface area (Å²) in [6, 6.07) is 0. The zero-order valence-corrected chi connectivity index (χ0v) is 11.8. The van der Waals surface area contributed by atoms with Gasteiger partial charge in [-0.05, 0) is 15.9 Å². The van der Waals surface area contributed by atoms with Crippen LogP contribution in [-0.2, 0) is 4.74 Å². The lowest BCUT2D eigenvalue weighted by Gasteiger charge is -2.32. The van der Waals surface area contributed by atoms with Crippen LogP contribution < -0.4 is 10.6 Å². The lowest BCUT2D eigenvalue weighted by Crippen LogP contribution is -2.42. The van der Waals surface area contributed by atoms with Crippen molar-refractivity contribution in [3.63, 3.8) is 0 Å². The summed E-state index contributed by atoms with van der Waals surface area (Å²) in [5.41, 5.74) is -0.720. The molecule has 100 valence electrons. The van der Waals surface area contributed by atoms with Crippen LogP contribution >= 0.6 is 15.9 Å². The topological polar surface area (TPSA) is 79.3 Å². The molecule has 1 saturated heterocycles. The normalized spacial score (nSPS) is 18.4. The smallest absolute Gasteiger partial charge is 0.146 e. The molecule has 7 heteroatoms. The van der Waals surface area contributed by atoms with E-state index in [1.54, 1.807) is 7.05 Å². The Kier molecular flexibility index (Phi) is 4.36. The number of halogens is 1. The highest BCUT2D eigenvalue weighted by Crippen LogP contribution is 2.27. The van der Waals surface area contributed by atoms with E-state index in [4.69, 9.17) is 4.74 Å². The number of anilines is 2. The highest BCUT2D eigenvalue weighted by atomic mass is 79.9. The summed E-state index contributed by atoms with van der Waals surface area (Å²) in [7, 11) is 1.79. The molecule has 18 heavy (non-hydrogen) atoms. The Morgan fingerprint density at radius 1 is 1.39 bits per heavy atom. The van der Waals surface area contributed by atoms with Crippen molar-refractivity contribution in [3.05, 3.63) is 10.8 Å². The molecule has 1 fully saturated rings. The minimum Gasteiger partial charge on any atom is -0.388 e. The average Bonchev–Trinajstić information content (AvgIpc) is 2.38. The van der Waals surface area contributed by atoms with E-state index in [0.717, 1.165) is 4.47 Å².